The van der Waals surface area contributed by atoms with Crippen LogP contribution in [0.15, 0.2) is 23.1 Å². The molecule has 1 fully saturated rings. The highest BCUT2D eigenvalue weighted by Gasteiger charge is 2.14. The summed E-state index contributed by atoms with van der Waals surface area (Å²) in [6.45, 7) is 1.84. The summed E-state index contributed by atoms with van der Waals surface area (Å²) in [6, 6.07) is 9.53. The summed E-state index contributed by atoms with van der Waals surface area (Å²) in [6.07, 6.45) is 3.84. The van der Waals surface area contributed by atoms with Crippen LogP contribution >= 0.6 is 23.7 Å². The van der Waals surface area contributed by atoms with E-state index < -0.39 is 0 Å². The Morgan fingerprint density at radius 2 is 2.09 bits per heavy atom. The second-order valence-corrected chi connectivity index (χ2v) is 7.12. The Morgan fingerprint density at radius 1 is 1.23 bits per heavy atom. The zero-order valence-corrected chi connectivity index (χ0v) is 14.0. The minimum Gasteiger partial charge on any atom is -0.377 e. The fourth-order valence-corrected chi connectivity index (χ4v) is 3.96. The minimum atomic E-state index is 0.393. The van der Waals surface area contributed by atoms with Crippen molar-refractivity contribution in [2.24, 2.45) is 0 Å². The zero-order chi connectivity index (χ0) is 15.6. The number of benzene rings is 1. The van der Waals surface area contributed by atoms with E-state index in [-0.39, 0.29) is 0 Å². The molecular weight excluding hydrogens is 314 g/mol. The summed E-state index contributed by atoms with van der Waals surface area (Å²) < 4.78 is 8.91. The highest BCUT2D eigenvalue weighted by Crippen LogP contribution is 2.22. The Kier molecular flexibility index (Phi) is 7.62. The van der Waals surface area contributed by atoms with Crippen molar-refractivity contribution in [3.05, 3.63) is 29.3 Å². The van der Waals surface area contributed by atoms with E-state index in [1.807, 2.05) is 12.1 Å². The average Bonchev–Trinajstić information content (AvgIpc) is 3.07. The van der Waals surface area contributed by atoms with Crippen molar-refractivity contribution in [1.82, 2.24) is 4.72 Å². The molecule has 4 nitrogen and oxygen atoms in total. The zero-order valence-electron chi connectivity index (χ0n) is 12.4. The third-order valence-corrected chi connectivity index (χ3v) is 5.27. The van der Waals surface area contributed by atoms with Crippen molar-refractivity contribution in [2.45, 2.75) is 30.3 Å². The number of hydrogen-bond donors (Lipinski definition) is 1. The van der Waals surface area contributed by atoms with Crippen LogP contribution in [0, 0.1) is 22.7 Å². The van der Waals surface area contributed by atoms with Crippen LogP contribution in [0.25, 0.3) is 0 Å². The molecule has 0 aromatic heterocycles. The summed E-state index contributed by atoms with van der Waals surface area (Å²) >= 11 is 3.48. The van der Waals surface area contributed by atoms with Gasteiger partial charge in [0, 0.05) is 23.8 Å². The van der Waals surface area contributed by atoms with Crippen LogP contribution in [-0.2, 0) is 4.74 Å². The number of nitrogens with one attached hydrogen (secondary N) is 1. The lowest BCUT2D eigenvalue weighted by Gasteiger charge is -2.09. The summed E-state index contributed by atoms with van der Waals surface area (Å²) in [5, 5.41) is 17.9. The molecule has 0 spiro atoms. The largest absolute Gasteiger partial charge is 0.377 e. The number of nitriles is 2. The smallest absolute Gasteiger partial charge is 0.101 e. The van der Waals surface area contributed by atoms with Gasteiger partial charge in [-0.1, -0.05) is 11.9 Å². The van der Waals surface area contributed by atoms with E-state index in [0.717, 1.165) is 36.0 Å². The second kappa shape index (κ2) is 9.76. The lowest BCUT2D eigenvalue weighted by atomic mass is 10.1. The monoisotopic (exact) mass is 333 g/mol. The molecule has 1 N–H and O–H groups in total. The summed E-state index contributed by atoms with van der Waals surface area (Å²) in [5.41, 5.74) is 0.904. The number of ether oxygens (including phenoxy) is 1. The van der Waals surface area contributed by atoms with E-state index in [9.17, 15) is 0 Å². The van der Waals surface area contributed by atoms with Crippen molar-refractivity contribution < 1.29 is 4.74 Å². The number of nitrogens with zero attached hydrogens (tertiary/aromatic N) is 2. The number of thioether (sulfide) groups is 1. The van der Waals surface area contributed by atoms with Gasteiger partial charge in [0.2, 0.25) is 0 Å². The first-order chi connectivity index (χ1) is 10.8. The maximum Gasteiger partial charge on any atom is 0.101 e. The molecule has 0 amide bonds. The molecule has 1 heterocycles. The van der Waals surface area contributed by atoms with Crippen molar-refractivity contribution in [3.8, 4) is 12.1 Å². The number of hydrogen-bond acceptors (Lipinski definition) is 6. The first-order valence-electron chi connectivity index (χ1n) is 7.37. The Bertz CT molecular complexity index is 559. The van der Waals surface area contributed by atoms with Crippen molar-refractivity contribution >= 4 is 23.7 Å². The predicted molar refractivity (Wildman–Crippen MR) is 90.6 cm³/mol. The van der Waals surface area contributed by atoms with Gasteiger partial charge in [-0.25, -0.2) is 0 Å². The standard InChI is InChI=1S/C16H19N3OS2/c17-10-13-4-5-16(9-14(13)11-18)21-7-2-8-22-19-12-15-3-1-6-20-15/h4-5,9,15,19H,1-3,6-8,12H2. The highest BCUT2D eigenvalue weighted by atomic mass is 32.2. The molecule has 22 heavy (non-hydrogen) atoms. The van der Waals surface area contributed by atoms with Gasteiger partial charge in [0.25, 0.3) is 0 Å². The lowest BCUT2D eigenvalue weighted by Crippen LogP contribution is -2.21. The van der Waals surface area contributed by atoms with Gasteiger partial charge in [-0.05, 0) is 43.2 Å². The molecule has 1 aliphatic rings. The molecule has 1 saturated heterocycles. The van der Waals surface area contributed by atoms with Gasteiger partial charge in [-0.15, -0.1) is 11.8 Å². The van der Waals surface area contributed by atoms with Crippen LogP contribution in [0.4, 0.5) is 0 Å². The van der Waals surface area contributed by atoms with Crippen LogP contribution < -0.4 is 4.72 Å². The fourth-order valence-electron chi connectivity index (χ4n) is 2.15. The van der Waals surface area contributed by atoms with Gasteiger partial charge in [-0.3, -0.25) is 4.72 Å². The van der Waals surface area contributed by atoms with Crippen LogP contribution in [0.1, 0.15) is 30.4 Å². The van der Waals surface area contributed by atoms with Crippen LogP contribution in [-0.4, -0.2) is 30.8 Å². The summed E-state index contributed by atoms with van der Waals surface area (Å²) in [4.78, 5) is 1.05. The van der Waals surface area contributed by atoms with Gasteiger partial charge in [-0.2, -0.15) is 10.5 Å². The normalized spacial score (nSPS) is 17.1. The molecule has 2 rings (SSSR count). The molecule has 1 aliphatic heterocycles. The Labute approximate surface area is 140 Å². The van der Waals surface area contributed by atoms with Crippen molar-refractivity contribution in [2.75, 3.05) is 24.7 Å². The molecule has 1 atom stereocenters. The van der Waals surface area contributed by atoms with Gasteiger partial charge in [0.15, 0.2) is 0 Å². The molecule has 6 heteroatoms. The van der Waals surface area contributed by atoms with E-state index in [1.165, 1.54) is 12.8 Å². The fraction of sp³-hybridized carbons (Fsp3) is 0.500. The Hall–Kier alpha value is -1.18. The molecule has 1 unspecified atom stereocenters. The quantitative estimate of drug-likeness (QED) is 0.447. The molecule has 0 aliphatic carbocycles. The van der Waals surface area contributed by atoms with Crippen molar-refractivity contribution in [3.63, 3.8) is 0 Å². The third-order valence-electron chi connectivity index (χ3n) is 3.33. The maximum atomic E-state index is 9.00. The van der Waals surface area contributed by atoms with Crippen molar-refractivity contribution in [1.29, 1.82) is 10.5 Å². The third kappa shape index (κ3) is 5.55. The SMILES string of the molecule is N#Cc1ccc(SCCCSNCC2CCCO2)cc1C#N. The first kappa shape index (κ1) is 17.2. The summed E-state index contributed by atoms with van der Waals surface area (Å²) in [7, 11) is 0. The highest BCUT2D eigenvalue weighted by molar-refractivity contribution is 7.99. The molecule has 116 valence electrons. The predicted octanol–water partition coefficient (Wildman–Crippen LogP) is 3.33. The molecule has 0 saturated carbocycles. The molecule has 1 aromatic carbocycles. The van der Waals surface area contributed by atoms with E-state index in [0.29, 0.717) is 17.2 Å². The summed E-state index contributed by atoms with van der Waals surface area (Å²) in [5.74, 6) is 2.06. The topological polar surface area (TPSA) is 68.8 Å². The maximum absolute atomic E-state index is 9.00. The Balaban J connectivity index is 1.58. The first-order valence-corrected chi connectivity index (χ1v) is 9.34. The van der Waals surface area contributed by atoms with E-state index in [1.54, 1.807) is 35.8 Å². The van der Waals surface area contributed by atoms with Crippen LogP contribution in [0.5, 0.6) is 0 Å². The van der Waals surface area contributed by atoms with Crippen LogP contribution in [0.3, 0.4) is 0 Å². The van der Waals surface area contributed by atoms with E-state index in [4.69, 9.17) is 15.3 Å². The van der Waals surface area contributed by atoms with E-state index >= 15 is 0 Å². The number of rotatable bonds is 8. The van der Waals surface area contributed by atoms with Gasteiger partial charge >= 0.3 is 0 Å². The molecule has 0 bridgehead atoms. The second-order valence-electron chi connectivity index (χ2n) is 4.96. The lowest BCUT2D eigenvalue weighted by molar-refractivity contribution is 0.115. The molecule has 0 radical (unpaired) electrons. The average molecular weight is 333 g/mol. The molecular formula is C16H19N3OS2. The van der Waals surface area contributed by atoms with E-state index in [2.05, 4.69) is 10.8 Å². The van der Waals surface area contributed by atoms with Crippen LogP contribution in [0.2, 0.25) is 0 Å². The minimum absolute atomic E-state index is 0.393. The van der Waals surface area contributed by atoms with Gasteiger partial charge < -0.3 is 4.74 Å². The molecule has 1 aromatic rings. The van der Waals surface area contributed by atoms with Gasteiger partial charge in [0.1, 0.15) is 12.1 Å². The Morgan fingerprint density at radius 3 is 2.82 bits per heavy atom. The van der Waals surface area contributed by atoms with Gasteiger partial charge in [0.05, 0.1) is 17.2 Å².